The summed E-state index contributed by atoms with van der Waals surface area (Å²) in [6.07, 6.45) is 2.46. The first-order valence-electron chi connectivity index (χ1n) is 5.48. The summed E-state index contributed by atoms with van der Waals surface area (Å²) in [7, 11) is 1.65. The van der Waals surface area contributed by atoms with Gasteiger partial charge in [0.2, 0.25) is 0 Å². The van der Waals surface area contributed by atoms with Crippen LogP contribution in [0.25, 0.3) is 0 Å². The Hall–Kier alpha value is -1.30. The highest BCUT2D eigenvalue weighted by molar-refractivity contribution is 5.75. The molecular formula is C10H22N4O2. The van der Waals surface area contributed by atoms with Gasteiger partial charge in [0.05, 0.1) is 0 Å². The summed E-state index contributed by atoms with van der Waals surface area (Å²) < 4.78 is 0. The molecule has 0 spiro atoms. The van der Waals surface area contributed by atoms with Crippen molar-refractivity contribution in [1.29, 1.82) is 0 Å². The molecule has 6 heteroatoms. The molecule has 0 aromatic carbocycles. The van der Waals surface area contributed by atoms with Gasteiger partial charge in [0.1, 0.15) is 6.04 Å². The van der Waals surface area contributed by atoms with Crippen LogP contribution in [0.4, 0.5) is 0 Å². The topological polar surface area (TPSA) is 114 Å². The molecule has 0 saturated heterocycles. The number of carbonyl (C=O) groups is 1. The van der Waals surface area contributed by atoms with Crippen LogP contribution in [-0.2, 0) is 4.79 Å². The smallest absolute Gasteiger partial charge is 0.320 e. The molecule has 6 N–H and O–H groups in total. The maximum Gasteiger partial charge on any atom is 0.320 e. The number of hydrogen-bond acceptors (Lipinski definition) is 3. The number of nitrogens with one attached hydrogen (secondary N) is 1. The fraction of sp³-hybridized carbons (Fsp3) is 0.800. The van der Waals surface area contributed by atoms with Crippen LogP contribution in [0.1, 0.15) is 26.2 Å². The largest absolute Gasteiger partial charge is 0.480 e. The average molecular weight is 230 g/mol. The molecule has 0 aliphatic heterocycles. The van der Waals surface area contributed by atoms with Crippen LogP contribution >= 0.6 is 0 Å². The molecule has 0 radical (unpaired) electrons. The average Bonchev–Trinajstić information content (AvgIpc) is 2.17. The van der Waals surface area contributed by atoms with E-state index in [0.29, 0.717) is 13.0 Å². The van der Waals surface area contributed by atoms with E-state index >= 15 is 0 Å². The van der Waals surface area contributed by atoms with Gasteiger partial charge in [-0.05, 0) is 25.8 Å². The van der Waals surface area contributed by atoms with Gasteiger partial charge in [-0.25, -0.2) is 0 Å². The number of rotatable bonds is 8. The molecule has 0 bridgehead atoms. The predicted molar refractivity (Wildman–Crippen MR) is 64.2 cm³/mol. The molecule has 0 aromatic rings. The van der Waals surface area contributed by atoms with Crippen molar-refractivity contribution in [2.24, 2.45) is 22.4 Å². The van der Waals surface area contributed by atoms with Crippen LogP contribution in [0, 0.1) is 5.92 Å². The Balaban J connectivity index is 4.34. The van der Waals surface area contributed by atoms with Crippen LogP contribution in [-0.4, -0.2) is 36.7 Å². The number of nitrogens with zero attached hydrogens (tertiary/aromatic N) is 1. The lowest BCUT2D eigenvalue weighted by molar-refractivity contribution is -0.140. The third-order valence-electron chi connectivity index (χ3n) is 2.50. The Bertz CT molecular complexity index is 239. The van der Waals surface area contributed by atoms with E-state index in [1.54, 1.807) is 7.05 Å². The van der Waals surface area contributed by atoms with Crippen molar-refractivity contribution in [2.45, 2.75) is 32.2 Å². The molecule has 6 nitrogen and oxygen atoms in total. The second-order valence-corrected chi connectivity index (χ2v) is 3.75. The zero-order valence-corrected chi connectivity index (χ0v) is 9.94. The number of aliphatic imine (C=N–C) groups is 1. The Morgan fingerprint density at radius 1 is 1.44 bits per heavy atom. The Morgan fingerprint density at radius 2 is 2.06 bits per heavy atom. The maximum atomic E-state index is 11.0. The maximum absolute atomic E-state index is 11.0. The summed E-state index contributed by atoms with van der Waals surface area (Å²) in [5, 5.41) is 11.8. The van der Waals surface area contributed by atoms with Crippen LogP contribution in [0.5, 0.6) is 0 Å². The van der Waals surface area contributed by atoms with Crippen molar-refractivity contribution in [3.8, 4) is 0 Å². The SMILES string of the molecule is CCCC(CCN=C(N)N)[C@H](NC)C(=O)O. The summed E-state index contributed by atoms with van der Waals surface area (Å²) in [5.74, 6) is -0.729. The molecule has 16 heavy (non-hydrogen) atoms. The summed E-state index contributed by atoms with van der Waals surface area (Å²) in [6.45, 7) is 2.50. The monoisotopic (exact) mass is 230 g/mol. The standard InChI is InChI=1S/C10H22N4O2/c1-3-4-7(5-6-14-10(11)12)8(13-2)9(15)16/h7-8,13H,3-6H2,1-2H3,(H,15,16)(H4,11,12,14)/t7?,8-/m0/s1. The molecule has 0 amide bonds. The minimum Gasteiger partial charge on any atom is -0.480 e. The first kappa shape index (κ1) is 14.7. The molecule has 0 rings (SSSR count). The second-order valence-electron chi connectivity index (χ2n) is 3.75. The zero-order chi connectivity index (χ0) is 12.6. The van der Waals surface area contributed by atoms with E-state index in [4.69, 9.17) is 16.6 Å². The summed E-state index contributed by atoms with van der Waals surface area (Å²) in [5.41, 5.74) is 10.4. The van der Waals surface area contributed by atoms with E-state index in [2.05, 4.69) is 10.3 Å². The number of nitrogens with two attached hydrogens (primary N) is 2. The molecule has 1 unspecified atom stereocenters. The van der Waals surface area contributed by atoms with Gasteiger partial charge in [-0.3, -0.25) is 9.79 Å². The number of likely N-dealkylation sites (N-methyl/N-ethyl adjacent to an activating group) is 1. The highest BCUT2D eigenvalue weighted by Crippen LogP contribution is 2.16. The lowest BCUT2D eigenvalue weighted by Crippen LogP contribution is -2.41. The van der Waals surface area contributed by atoms with Gasteiger partial charge in [0.15, 0.2) is 5.96 Å². The van der Waals surface area contributed by atoms with Crippen molar-refractivity contribution in [1.82, 2.24) is 5.32 Å². The fourth-order valence-corrected chi connectivity index (χ4v) is 1.77. The predicted octanol–water partition coefficient (Wildman–Crippen LogP) is -0.261. The number of guanidine groups is 1. The third kappa shape index (κ3) is 5.55. The van der Waals surface area contributed by atoms with Crippen molar-refractivity contribution in [3.05, 3.63) is 0 Å². The minimum atomic E-state index is -0.828. The summed E-state index contributed by atoms with van der Waals surface area (Å²) in [4.78, 5) is 14.9. The molecule has 94 valence electrons. The van der Waals surface area contributed by atoms with E-state index in [1.165, 1.54) is 0 Å². The Morgan fingerprint density at radius 3 is 2.44 bits per heavy atom. The lowest BCUT2D eigenvalue weighted by Gasteiger charge is -2.22. The molecule has 2 atom stereocenters. The third-order valence-corrected chi connectivity index (χ3v) is 2.50. The molecular weight excluding hydrogens is 208 g/mol. The van der Waals surface area contributed by atoms with E-state index in [1.807, 2.05) is 6.92 Å². The molecule has 0 aliphatic carbocycles. The first-order valence-corrected chi connectivity index (χ1v) is 5.48. The normalized spacial score (nSPS) is 14.1. The van der Waals surface area contributed by atoms with E-state index in [-0.39, 0.29) is 11.9 Å². The van der Waals surface area contributed by atoms with Crippen LogP contribution < -0.4 is 16.8 Å². The first-order chi connectivity index (χ1) is 7.52. The quantitative estimate of drug-likeness (QED) is 0.339. The van der Waals surface area contributed by atoms with Crippen molar-refractivity contribution in [2.75, 3.05) is 13.6 Å². The van der Waals surface area contributed by atoms with E-state index in [0.717, 1.165) is 12.8 Å². The second kappa shape index (κ2) is 7.92. The molecule has 0 aliphatic rings. The minimum absolute atomic E-state index is 0.0478. The van der Waals surface area contributed by atoms with Gasteiger partial charge in [-0.15, -0.1) is 0 Å². The van der Waals surface area contributed by atoms with Crippen molar-refractivity contribution in [3.63, 3.8) is 0 Å². The number of carboxylic acid groups (broad SMARTS) is 1. The van der Waals surface area contributed by atoms with Crippen molar-refractivity contribution < 1.29 is 9.90 Å². The molecule has 0 aromatic heterocycles. The summed E-state index contributed by atoms with van der Waals surface area (Å²) in [6, 6.07) is -0.533. The van der Waals surface area contributed by atoms with Gasteiger partial charge >= 0.3 is 5.97 Å². The Labute approximate surface area is 96.1 Å². The van der Waals surface area contributed by atoms with Gasteiger partial charge in [0, 0.05) is 6.54 Å². The van der Waals surface area contributed by atoms with Crippen LogP contribution in [0.3, 0.4) is 0 Å². The highest BCUT2D eigenvalue weighted by Gasteiger charge is 2.25. The van der Waals surface area contributed by atoms with Gasteiger partial charge in [-0.1, -0.05) is 13.3 Å². The number of carboxylic acids is 1. The van der Waals surface area contributed by atoms with Crippen LogP contribution in [0.2, 0.25) is 0 Å². The Kier molecular flexibility index (Phi) is 7.28. The lowest BCUT2D eigenvalue weighted by atomic mass is 9.91. The fourth-order valence-electron chi connectivity index (χ4n) is 1.77. The summed E-state index contributed by atoms with van der Waals surface area (Å²) >= 11 is 0. The highest BCUT2D eigenvalue weighted by atomic mass is 16.4. The number of aliphatic carboxylic acids is 1. The van der Waals surface area contributed by atoms with Gasteiger partial charge < -0.3 is 21.9 Å². The van der Waals surface area contributed by atoms with Crippen molar-refractivity contribution >= 4 is 11.9 Å². The number of hydrogen-bond donors (Lipinski definition) is 4. The van der Waals surface area contributed by atoms with Gasteiger partial charge in [0.25, 0.3) is 0 Å². The molecule has 0 heterocycles. The van der Waals surface area contributed by atoms with Crippen LogP contribution in [0.15, 0.2) is 4.99 Å². The van der Waals surface area contributed by atoms with Gasteiger partial charge in [-0.2, -0.15) is 0 Å². The molecule has 0 saturated carbocycles. The van der Waals surface area contributed by atoms with E-state index < -0.39 is 12.0 Å². The molecule has 0 fully saturated rings. The zero-order valence-electron chi connectivity index (χ0n) is 9.94. The van der Waals surface area contributed by atoms with E-state index in [9.17, 15) is 4.79 Å².